The Morgan fingerprint density at radius 1 is 1.11 bits per heavy atom. The first-order chi connectivity index (χ1) is 13.6. The van der Waals surface area contributed by atoms with Gasteiger partial charge >= 0.3 is 0 Å². The summed E-state index contributed by atoms with van der Waals surface area (Å²) in [5.41, 5.74) is 7.68. The number of benzene rings is 2. The zero-order chi connectivity index (χ0) is 19.9. The number of nitrogen functional groups attached to an aromatic ring is 1. The molecule has 0 radical (unpaired) electrons. The summed E-state index contributed by atoms with van der Waals surface area (Å²) < 4.78 is 11.1. The third kappa shape index (κ3) is 4.85. The zero-order valence-corrected chi connectivity index (χ0v) is 16.6. The van der Waals surface area contributed by atoms with E-state index in [-0.39, 0.29) is 18.0 Å². The molecule has 0 atom stereocenters. The number of thioether (sulfide) groups is 1. The molecule has 6 nitrogen and oxygen atoms in total. The highest BCUT2D eigenvalue weighted by molar-refractivity contribution is 7.98. The smallest absolute Gasteiger partial charge is 0.190 e. The molecule has 0 aliphatic heterocycles. The summed E-state index contributed by atoms with van der Waals surface area (Å²) in [6.45, 7) is 0.0739. The molecule has 0 fully saturated rings. The molecule has 0 aliphatic rings. The van der Waals surface area contributed by atoms with Crippen LogP contribution in [-0.4, -0.2) is 17.1 Å². The van der Waals surface area contributed by atoms with Gasteiger partial charge < -0.3 is 15.2 Å². The predicted octanol–water partition coefficient (Wildman–Crippen LogP) is 4.46. The topological polar surface area (TPSA) is 94.1 Å². The van der Waals surface area contributed by atoms with Gasteiger partial charge in [0, 0.05) is 10.8 Å². The van der Waals surface area contributed by atoms with Crippen LogP contribution in [0, 0.1) is 11.3 Å². The number of para-hydroxylation sites is 2. The Morgan fingerprint density at radius 2 is 1.82 bits per heavy atom. The average Bonchev–Trinajstić information content (AvgIpc) is 2.71. The maximum Gasteiger partial charge on any atom is 0.190 e. The van der Waals surface area contributed by atoms with Crippen molar-refractivity contribution >= 4 is 29.2 Å². The number of ether oxygens (including phenoxy) is 2. The van der Waals surface area contributed by atoms with Crippen LogP contribution in [0.5, 0.6) is 11.5 Å². The van der Waals surface area contributed by atoms with E-state index in [0.29, 0.717) is 33.1 Å². The van der Waals surface area contributed by atoms with Crippen molar-refractivity contribution in [3.63, 3.8) is 0 Å². The number of aromatic nitrogens is 2. The molecule has 2 aromatic carbocycles. The van der Waals surface area contributed by atoms with Crippen LogP contribution in [0.3, 0.4) is 0 Å². The lowest BCUT2D eigenvalue weighted by molar-refractivity contribution is 0.279. The van der Waals surface area contributed by atoms with Crippen LogP contribution in [0.2, 0.25) is 5.02 Å². The molecule has 0 bridgehead atoms. The van der Waals surface area contributed by atoms with Gasteiger partial charge in [-0.2, -0.15) is 5.26 Å². The molecule has 1 aromatic heterocycles. The number of nitrogens with two attached hydrogens (primary N) is 1. The number of methoxy groups -OCH3 is 1. The Labute approximate surface area is 172 Å². The molecule has 0 saturated heterocycles. The summed E-state index contributed by atoms with van der Waals surface area (Å²) in [6.07, 6.45) is 0. The van der Waals surface area contributed by atoms with Crippen LogP contribution >= 0.6 is 23.4 Å². The molecule has 28 heavy (non-hydrogen) atoms. The number of rotatable bonds is 7. The number of hydrogen-bond acceptors (Lipinski definition) is 7. The molecular weight excluding hydrogens is 396 g/mol. The lowest BCUT2D eigenvalue weighted by Crippen LogP contribution is -2.08. The third-order valence-corrected chi connectivity index (χ3v) is 4.99. The van der Waals surface area contributed by atoms with Crippen LogP contribution in [0.4, 0.5) is 5.82 Å². The van der Waals surface area contributed by atoms with Gasteiger partial charge in [0.2, 0.25) is 0 Å². The van der Waals surface area contributed by atoms with E-state index >= 15 is 0 Å². The summed E-state index contributed by atoms with van der Waals surface area (Å²) in [5, 5.41) is 10.6. The third-order valence-electron chi connectivity index (χ3n) is 3.82. The molecular formula is C20H17ClN4O2S. The van der Waals surface area contributed by atoms with Gasteiger partial charge in [-0.1, -0.05) is 47.6 Å². The van der Waals surface area contributed by atoms with Gasteiger partial charge in [-0.05, 0) is 29.8 Å². The van der Waals surface area contributed by atoms with Gasteiger partial charge in [-0.15, -0.1) is 0 Å². The van der Waals surface area contributed by atoms with Crippen LogP contribution in [-0.2, 0) is 12.4 Å². The Balaban J connectivity index is 1.77. The summed E-state index contributed by atoms with van der Waals surface area (Å²) in [6, 6.07) is 16.9. The monoisotopic (exact) mass is 412 g/mol. The quantitative estimate of drug-likeness (QED) is 0.452. The molecule has 1 heterocycles. The molecule has 0 unspecified atom stereocenters. The molecule has 0 aliphatic carbocycles. The van der Waals surface area contributed by atoms with Gasteiger partial charge in [0.25, 0.3) is 0 Å². The van der Waals surface area contributed by atoms with Crippen LogP contribution in [0.1, 0.15) is 16.8 Å². The SMILES string of the molecule is COc1ccccc1OCc1nc(SCc2ccc(Cl)cc2)nc(N)c1C#N. The number of nitriles is 1. The Bertz CT molecular complexity index is 1010. The van der Waals surface area contributed by atoms with Gasteiger partial charge in [0.15, 0.2) is 16.7 Å². The summed E-state index contributed by atoms with van der Waals surface area (Å²) in [7, 11) is 1.57. The first-order valence-corrected chi connectivity index (χ1v) is 9.66. The standard InChI is InChI=1S/C20H17ClN4O2S/c1-26-17-4-2-3-5-18(17)27-11-16-15(10-22)19(23)25-20(24-16)28-12-13-6-8-14(21)9-7-13/h2-9H,11-12H2,1H3,(H2,23,24,25). The van der Waals surface area contributed by atoms with E-state index in [1.807, 2.05) is 36.4 Å². The van der Waals surface area contributed by atoms with Crippen molar-refractivity contribution < 1.29 is 9.47 Å². The van der Waals surface area contributed by atoms with Crippen molar-refractivity contribution in [3.05, 3.63) is 70.4 Å². The van der Waals surface area contributed by atoms with Crippen molar-refractivity contribution in [2.24, 2.45) is 0 Å². The highest BCUT2D eigenvalue weighted by Gasteiger charge is 2.14. The first kappa shape index (κ1) is 19.8. The highest BCUT2D eigenvalue weighted by atomic mass is 35.5. The molecule has 8 heteroatoms. The minimum atomic E-state index is 0.0739. The van der Waals surface area contributed by atoms with Crippen LogP contribution in [0.15, 0.2) is 53.7 Å². The largest absolute Gasteiger partial charge is 0.493 e. The molecule has 0 spiro atoms. The average molecular weight is 413 g/mol. The van der Waals surface area contributed by atoms with Gasteiger partial charge in [-0.25, -0.2) is 9.97 Å². The van der Waals surface area contributed by atoms with Crippen molar-refractivity contribution in [2.75, 3.05) is 12.8 Å². The molecule has 0 saturated carbocycles. The second-order valence-corrected chi connectivity index (χ2v) is 7.06. The fourth-order valence-corrected chi connectivity index (χ4v) is 3.36. The van der Waals surface area contributed by atoms with E-state index in [0.717, 1.165) is 5.56 Å². The molecule has 2 N–H and O–H groups in total. The van der Waals surface area contributed by atoms with E-state index in [9.17, 15) is 5.26 Å². The lowest BCUT2D eigenvalue weighted by Gasteiger charge is -2.12. The van der Waals surface area contributed by atoms with E-state index in [4.69, 9.17) is 26.8 Å². The number of nitrogens with zero attached hydrogens (tertiary/aromatic N) is 3. The maximum atomic E-state index is 9.41. The fraction of sp³-hybridized carbons (Fsp3) is 0.150. The van der Waals surface area contributed by atoms with E-state index in [1.165, 1.54) is 11.8 Å². The van der Waals surface area contributed by atoms with Crippen molar-refractivity contribution in [2.45, 2.75) is 17.5 Å². The number of anilines is 1. The number of hydrogen-bond donors (Lipinski definition) is 1. The second-order valence-electron chi connectivity index (χ2n) is 5.68. The molecule has 142 valence electrons. The maximum absolute atomic E-state index is 9.41. The molecule has 3 aromatic rings. The Morgan fingerprint density at radius 3 is 2.50 bits per heavy atom. The van der Waals surface area contributed by atoms with Crippen LogP contribution in [0.25, 0.3) is 0 Å². The number of halogens is 1. The lowest BCUT2D eigenvalue weighted by atomic mass is 10.2. The van der Waals surface area contributed by atoms with Crippen molar-refractivity contribution in [3.8, 4) is 17.6 Å². The Hall–Kier alpha value is -2.95. The van der Waals surface area contributed by atoms with E-state index in [2.05, 4.69) is 16.0 Å². The minimum Gasteiger partial charge on any atom is -0.493 e. The van der Waals surface area contributed by atoms with Gasteiger partial charge in [0.1, 0.15) is 29.8 Å². The van der Waals surface area contributed by atoms with Crippen molar-refractivity contribution in [1.29, 1.82) is 5.26 Å². The van der Waals surface area contributed by atoms with E-state index in [1.54, 1.807) is 19.2 Å². The summed E-state index contributed by atoms with van der Waals surface area (Å²) in [5.74, 6) is 1.94. The first-order valence-electron chi connectivity index (χ1n) is 8.30. The normalized spacial score (nSPS) is 10.3. The fourth-order valence-electron chi connectivity index (χ4n) is 2.41. The van der Waals surface area contributed by atoms with Crippen LogP contribution < -0.4 is 15.2 Å². The molecule has 3 rings (SSSR count). The second kappa shape index (κ2) is 9.31. The zero-order valence-electron chi connectivity index (χ0n) is 15.1. The summed E-state index contributed by atoms with van der Waals surface area (Å²) >= 11 is 7.33. The van der Waals surface area contributed by atoms with Gasteiger partial charge in [-0.3, -0.25) is 0 Å². The molecule has 0 amide bonds. The van der Waals surface area contributed by atoms with Crippen molar-refractivity contribution in [1.82, 2.24) is 9.97 Å². The minimum absolute atomic E-state index is 0.0739. The van der Waals surface area contributed by atoms with E-state index < -0.39 is 0 Å². The summed E-state index contributed by atoms with van der Waals surface area (Å²) in [4.78, 5) is 8.69. The van der Waals surface area contributed by atoms with Gasteiger partial charge in [0.05, 0.1) is 7.11 Å². The highest BCUT2D eigenvalue weighted by Crippen LogP contribution is 2.28. The Kier molecular flexibility index (Phi) is 6.58. The predicted molar refractivity (Wildman–Crippen MR) is 109 cm³/mol.